The van der Waals surface area contributed by atoms with E-state index in [0.717, 1.165) is 12.1 Å². The van der Waals surface area contributed by atoms with Crippen LogP contribution < -0.4 is 10.5 Å². The van der Waals surface area contributed by atoms with Crippen LogP contribution in [0.3, 0.4) is 0 Å². The third-order valence-corrected chi connectivity index (χ3v) is 2.95. The van der Waals surface area contributed by atoms with Crippen molar-refractivity contribution < 1.29 is 13.5 Å². The summed E-state index contributed by atoms with van der Waals surface area (Å²) in [5.41, 5.74) is 5.78. The van der Waals surface area contributed by atoms with Crippen LogP contribution in [0.25, 0.3) is 0 Å². The molecule has 0 heterocycles. The Kier molecular flexibility index (Phi) is 3.67. The molecule has 2 rings (SSSR count). The number of para-hydroxylation sites is 1. The molecule has 0 radical (unpaired) electrons. The van der Waals surface area contributed by atoms with Gasteiger partial charge >= 0.3 is 0 Å². The molecule has 6 heteroatoms. The van der Waals surface area contributed by atoms with Crippen molar-refractivity contribution in [3.63, 3.8) is 0 Å². The first kappa shape index (κ1) is 13.3. The van der Waals surface area contributed by atoms with Crippen LogP contribution in [-0.2, 0) is 0 Å². The maximum atomic E-state index is 13.7. The molecule has 0 aliphatic rings. The lowest BCUT2D eigenvalue weighted by Gasteiger charge is -2.11. The zero-order valence-corrected chi connectivity index (χ0v) is 11.0. The van der Waals surface area contributed by atoms with Gasteiger partial charge in [-0.15, -0.1) is 0 Å². The highest BCUT2D eigenvalue weighted by molar-refractivity contribution is 9.10. The van der Waals surface area contributed by atoms with Crippen molar-refractivity contribution in [1.29, 1.82) is 5.26 Å². The molecule has 0 atom stereocenters. The molecule has 96 valence electrons. The van der Waals surface area contributed by atoms with Crippen LogP contribution in [0.4, 0.5) is 14.5 Å². The molecular formula is C13H7BrF2N2O. The molecule has 2 aromatic rings. The highest BCUT2D eigenvalue weighted by Gasteiger charge is 2.16. The van der Waals surface area contributed by atoms with E-state index < -0.39 is 17.4 Å². The summed E-state index contributed by atoms with van der Waals surface area (Å²) in [5, 5.41) is 8.60. The fraction of sp³-hybridized carbons (Fsp3) is 0. The lowest BCUT2D eigenvalue weighted by atomic mass is 10.2. The Bertz CT molecular complexity index is 640. The fourth-order valence-electron chi connectivity index (χ4n) is 1.46. The van der Waals surface area contributed by atoms with Gasteiger partial charge in [-0.3, -0.25) is 0 Å². The lowest BCUT2D eigenvalue weighted by Crippen LogP contribution is -1.98. The van der Waals surface area contributed by atoms with Gasteiger partial charge in [0.05, 0.1) is 21.8 Å². The van der Waals surface area contributed by atoms with E-state index in [0.29, 0.717) is 4.47 Å². The number of anilines is 1. The van der Waals surface area contributed by atoms with Crippen molar-refractivity contribution in [2.75, 3.05) is 5.73 Å². The number of hydrogen-bond acceptors (Lipinski definition) is 3. The van der Waals surface area contributed by atoms with E-state index in [9.17, 15) is 8.78 Å². The van der Waals surface area contributed by atoms with E-state index in [1.54, 1.807) is 24.3 Å². The molecule has 0 bridgehead atoms. The number of rotatable bonds is 2. The van der Waals surface area contributed by atoms with E-state index in [2.05, 4.69) is 15.9 Å². The molecule has 0 aliphatic carbocycles. The average Bonchev–Trinajstić information content (AvgIpc) is 2.36. The van der Waals surface area contributed by atoms with Gasteiger partial charge < -0.3 is 10.5 Å². The molecule has 0 fully saturated rings. The van der Waals surface area contributed by atoms with Gasteiger partial charge in [-0.05, 0) is 40.2 Å². The van der Waals surface area contributed by atoms with Crippen molar-refractivity contribution >= 4 is 21.6 Å². The van der Waals surface area contributed by atoms with Gasteiger partial charge in [0.1, 0.15) is 0 Å². The van der Waals surface area contributed by atoms with Crippen molar-refractivity contribution in [1.82, 2.24) is 0 Å². The van der Waals surface area contributed by atoms with Crippen LogP contribution in [0.1, 0.15) is 5.56 Å². The minimum Gasteiger partial charge on any atom is -0.448 e. The Balaban J connectivity index is 2.48. The summed E-state index contributed by atoms with van der Waals surface area (Å²) in [6.45, 7) is 0. The summed E-state index contributed by atoms with van der Waals surface area (Å²) in [7, 11) is 0. The van der Waals surface area contributed by atoms with Crippen molar-refractivity contribution in [3.8, 4) is 17.6 Å². The predicted octanol–water partition coefficient (Wildman–Crippen LogP) is 3.97. The number of nitrogen functional groups attached to an aromatic ring is 1. The van der Waals surface area contributed by atoms with Gasteiger partial charge in [0, 0.05) is 0 Å². The molecular weight excluding hydrogens is 318 g/mol. The minimum atomic E-state index is -0.966. The van der Waals surface area contributed by atoms with Crippen LogP contribution in [0.2, 0.25) is 0 Å². The Hall–Kier alpha value is -2.13. The first-order valence-electron chi connectivity index (χ1n) is 5.14. The number of nitrogens with two attached hydrogens (primary N) is 1. The minimum absolute atomic E-state index is 0.116. The molecule has 2 N–H and O–H groups in total. The van der Waals surface area contributed by atoms with Crippen LogP contribution >= 0.6 is 15.9 Å². The number of benzene rings is 2. The predicted molar refractivity (Wildman–Crippen MR) is 69.7 cm³/mol. The molecule has 2 aromatic carbocycles. The maximum Gasteiger partial charge on any atom is 0.198 e. The molecule has 0 unspecified atom stereocenters. The van der Waals surface area contributed by atoms with Crippen molar-refractivity contribution in [2.24, 2.45) is 0 Å². The first-order valence-corrected chi connectivity index (χ1v) is 5.93. The molecule has 0 saturated heterocycles. The van der Waals surface area contributed by atoms with Crippen molar-refractivity contribution in [2.45, 2.75) is 0 Å². The number of nitrogens with zero attached hydrogens (tertiary/aromatic N) is 1. The van der Waals surface area contributed by atoms with Gasteiger partial charge in [-0.25, -0.2) is 8.78 Å². The Morgan fingerprint density at radius 3 is 2.32 bits per heavy atom. The highest BCUT2D eigenvalue weighted by atomic mass is 79.9. The summed E-state index contributed by atoms with van der Waals surface area (Å²) in [6.07, 6.45) is 0. The highest BCUT2D eigenvalue weighted by Crippen LogP contribution is 2.37. The lowest BCUT2D eigenvalue weighted by molar-refractivity contribution is 0.407. The van der Waals surface area contributed by atoms with Gasteiger partial charge in [0.25, 0.3) is 0 Å². The average molecular weight is 325 g/mol. The van der Waals surface area contributed by atoms with Gasteiger partial charge in [-0.1, -0.05) is 6.07 Å². The summed E-state index contributed by atoms with van der Waals surface area (Å²) in [4.78, 5) is 0. The molecule has 0 aromatic heterocycles. The van der Waals surface area contributed by atoms with Gasteiger partial charge in [0.15, 0.2) is 23.1 Å². The number of hydrogen-bond donors (Lipinski definition) is 1. The molecule has 19 heavy (non-hydrogen) atoms. The van der Waals surface area contributed by atoms with E-state index in [4.69, 9.17) is 15.7 Å². The zero-order valence-electron chi connectivity index (χ0n) is 9.45. The van der Waals surface area contributed by atoms with Gasteiger partial charge in [0.2, 0.25) is 0 Å². The first-order chi connectivity index (χ1) is 9.02. The summed E-state index contributed by atoms with van der Waals surface area (Å²) in [6, 6.07) is 8.28. The third kappa shape index (κ3) is 2.66. The maximum absolute atomic E-state index is 13.7. The monoisotopic (exact) mass is 324 g/mol. The third-order valence-electron chi connectivity index (χ3n) is 2.33. The molecule has 0 aliphatic heterocycles. The van der Waals surface area contributed by atoms with E-state index in [1.165, 1.54) is 0 Å². The topological polar surface area (TPSA) is 59.0 Å². The fourth-order valence-corrected chi connectivity index (χ4v) is 1.92. The smallest absolute Gasteiger partial charge is 0.198 e. The normalized spacial score (nSPS) is 10.0. The number of ether oxygens (including phenoxy) is 1. The Morgan fingerprint density at radius 2 is 1.79 bits per heavy atom. The largest absolute Gasteiger partial charge is 0.448 e. The Labute approximate surface area is 116 Å². The van der Waals surface area contributed by atoms with Gasteiger partial charge in [-0.2, -0.15) is 5.26 Å². The summed E-state index contributed by atoms with van der Waals surface area (Å²) >= 11 is 3.18. The molecule has 0 saturated carbocycles. The zero-order chi connectivity index (χ0) is 14.0. The van der Waals surface area contributed by atoms with Crippen LogP contribution in [0.5, 0.6) is 11.5 Å². The SMILES string of the molecule is N#Cc1cc(F)c(Oc2c(N)cccc2Br)c(F)c1. The van der Waals surface area contributed by atoms with Crippen LogP contribution in [0, 0.1) is 23.0 Å². The number of nitriles is 1. The van der Waals surface area contributed by atoms with E-state index in [-0.39, 0.29) is 17.0 Å². The van der Waals surface area contributed by atoms with Crippen LogP contribution in [0.15, 0.2) is 34.8 Å². The Morgan fingerprint density at radius 1 is 1.16 bits per heavy atom. The summed E-state index contributed by atoms with van der Waals surface area (Å²) < 4.78 is 33.0. The molecule has 0 amide bonds. The second kappa shape index (κ2) is 5.24. The van der Waals surface area contributed by atoms with Crippen molar-refractivity contribution in [3.05, 3.63) is 52.0 Å². The molecule has 3 nitrogen and oxygen atoms in total. The quantitative estimate of drug-likeness (QED) is 0.850. The molecule has 0 spiro atoms. The van der Waals surface area contributed by atoms with Crippen LogP contribution in [-0.4, -0.2) is 0 Å². The standard InChI is InChI=1S/C13H7BrF2N2O/c14-8-2-1-3-11(18)12(8)19-13-9(15)4-7(6-17)5-10(13)16/h1-5H,18H2. The second-order valence-corrected chi connectivity index (χ2v) is 4.50. The summed E-state index contributed by atoms with van der Waals surface area (Å²) in [5.74, 6) is -2.42. The number of halogens is 3. The van der Waals surface area contributed by atoms with E-state index in [1.807, 2.05) is 0 Å². The second-order valence-electron chi connectivity index (χ2n) is 3.64. The van der Waals surface area contributed by atoms with E-state index >= 15 is 0 Å².